The summed E-state index contributed by atoms with van der Waals surface area (Å²) in [5, 5.41) is 10.1. The first-order valence-corrected chi connectivity index (χ1v) is 12.6. The SMILES string of the molecule is CC.CC/C=C(/C)OCC(=O)N1CCC(C(CO)N2CCC(c3c[nH]cc3C)CC2)CC1. The van der Waals surface area contributed by atoms with Gasteiger partial charge in [0.2, 0.25) is 0 Å². The van der Waals surface area contributed by atoms with E-state index in [1.54, 1.807) is 0 Å². The van der Waals surface area contributed by atoms with Crippen LogP contribution in [0.4, 0.5) is 0 Å². The van der Waals surface area contributed by atoms with Crippen LogP contribution in [0, 0.1) is 12.8 Å². The largest absolute Gasteiger partial charge is 0.489 e. The maximum atomic E-state index is 12.4. The molecule has 1 aromatic rings. The van der Waals surface area contributed by atoms with Gasteiger partial charge < -0.3 is 19.7 Å². The highest BCUT2D eigenvalue weighted by Crippen LogP contribution is 2.33. The highest BCUT2D eigenvalue weighted by molar-refractivity contribution is 5.77. The Kier molecular flexibility index (Phi) is 11.3. The third kappa shape index (κ3) is 7.11. The molecule has 1 aromatic heterocycles. The minimum atomic E-state index is 0.0699. The molecule has 6 heteroatoms. The summed E-state index contributed by atoms with van der Waals surface area (Å²) < 4.78 is 5.56. The maximum Gasteiger partial charge on any atom is 0.260 e. The number of aliphatic hydroxyl groups excluding tert-OH is 1. The first-order valence-electron chi connectivity index (χ1n) is 12.6. The maximum absolute atomic E-state index is 12.4. The zero-order chi connectivity index (χ0) is 23.5. The normalized spacial score (nSPS) is 19.9. The van der Waals surface area contributed by atoms with Crippen molar-refractivity contribution in [3.8, 4) is 0 Å². The molecule has 182 valence electrons. The number of ether oxygens (including phenoxy) is 1. The monoisotopic (exact) mass is 447 g/mol. The molecule has 0 saturated carbocycles. The van der Waals surface area contributed by atoms with Gasteiger partial charge in [-0.05, 0) is 88.1 Å². The van der Waals surface area contributed by atoms with E-state index >= 15 is 0 Å². The summed E-state index contributed by atoms with van der Waals surface area (Å²) >= 11 is 0. The van der Waals surface area contributed by atoms with Crippen molar-refractivity contribution in [1.82, 2.24) is 14.8 Å². The van der Waals surface area contributed by atoms with E-state index in [2.05, 4.69) is 36.1 Å². The van der Waals surface area contributed by atoms with Gasteiger partial charge in [0.15, 0.2) is 6.61 Å². The van der Waals surface area contributed by atoms with Crippen molar-refractivity contribution >= 4 is 5.91 Å². The van der Waals surface area contributed by atoms with Crippen molar-refractivity contribution in [1.29, 1.82) is 0 Å². The Balaban J connectivity index is 0.00000176. The Morgan fingerprint density at radius 3 is 2.38 bits per heavy atom. The number of aromatic nitrogens is 1. The van der Waals surface area contributed by atoms with Gasteiger partial charge >= 0.3 is 0 Å². The summed E-state index contributed by atoms with van der Waals surface area (Å²) in [7, 11) is 0. The molecule has 0 spiro atoms. The Morgan fingerprint density at radius 2 is 1.84 bits per heavy atom. The van der Waals surface area contributed by atoms with E-state index in [-0.39, 0.29) is 25.2 Å². The van der Waals surface area contributed by atoms with Crippen molar-refractivity contribution in [3.05, 3.63) is 35.4 Å². The first kappa shape index (κ1) is 26.5. The van der Waals surface area contributed by atoms with Gasteiger partial charge in [-0.1, -0.05) is 20.8 Å². The van der Waals surface area contributed by atoms with Gasteiger partial charge in [-0.15, -0.1) is 0 Å². The molecule has 0 aromatic carbocycles. The van der Waals surface area contributed by atoms with Gasteiger partial charge in [0.05, 0.1) is 12.4 Å². The minimum absolute atomic E-state index is 0.0699. The van der Waals surface area contributed by atoms with Crippen molar-refractivity contribution < 1.29 is 14.6 Å². The molecule has 3 rings (SSSR count). The van der Waals surface area contributed by atoms with Crippen molar-refractivity contribution in [2.45, 2.75) is 78.7 Å². The third-order valence-corrected chi connectivity index (χ3v) is 6.97. The Labute approximate surface area is 195 Å². The highest BCUT2D eigenvalue weighted by atomic mass is 16.5. The number of hydrogen-bond donors (Lipinski definition) is 2. The van der Waals surface area contributed by atoms with E-state index in [9.17, 15) is 9.90 Å². The number of piperidine rings is 2. The van der Waals surface area contributed by atoms with Crippen LogP contribution in [0.5, 0.6) is 0 Å². The second-order valence-electron chi connectivity index (χ2n) is 8.88. The summed E-state index contributed by atoms with van der Waals surface area (Å²) in [6.45, 7) is 14.1. The van der Waals surface area contributed by atoms with E-state index in [1.807, 2.05) is 31.7 Å². The van der Waals surface area contributed by atoms with Gasteiger partial charge in [-0.3, -0.25) is 9.69 Å². The van der Waals surface area contributed by atoms with Crippen LogP contribution in [0.3, 0.4) is 0 Å². The minimum Gasteiger partial charge on any atom is -0.489 e. The molecule has 2 fully saturated rings. The fourth-order valence-electron chi connectivity index (χ4n) is 5.15. The number of H-pyrrole nitrogens is 1. The zero-order valence-corrected chi connectivity index (χ0v) is 20.9. The van der Waals surface area contributed by atoms with Crippen LogP contribution in [0.1, 0.15) is 76.8 Å². The smallest absolute Gasteiger partial charge is 0.260 e. The van der Waals surface area contributed by atoms with Crippen LogP contribution in [-0.2, 0) is 9.53 Å². The molecule has 32 heavy (non-hydrogen) atoms. The molecule has 0 radical (unpaired) electrons. The molecule has 0 bridgehead atoms. The molecular formula is C26H45N3O3. The fraction of sp³-hybridized carbons (Fsp3) is 0.731. The number of aryl methyl sites for hydroxylation is 1. The fourth-order valence-corrected chi connectivity index (χ4v) is 5.15. The van der Waals surface area contributed by atoms with Crippen LogP contribution in [0.2, 0.25) is 0 Å². The molecule has 1 atom stereocenters. The number of carbonyl (C=O) groups excluding carboxylic acids is 1. The van der Waals surface area contributed by atoms with Gasteiger partial charge in [0.25, 0.3) is 5.91 Å². The lowest BCUT2D eigenvalue weighted by molar-refractivity contribution is -0.136. The van der Waals surface area contributed by atoms with Crippen LogP contribution in [-0.4, -0.2) is 71.2 Å². The van der Waals surface area contributed by atoms with E-state index in [4.69, 9.17) is 4.74 Å². The molecule has 0 aliphatic carbocycles. The molecule has 3 heterocycles. The lowest BCUT2D eigenvalue weighted by Crippen LogP contribution is -2.51. The standard InChI is InChI=1S/C24H39N3O3.C2H6/c1-4-5-19(3)30-17-24(29)27-12-8-21(9-13-27)23(16-28)26-10-6-20(7-11-26)22-15-25-14-18(22)2;1-2/h5,14-15,20-21,23,25,28H,4,6-13,16-17H2,1-3H3;1-2H3/b19-5-;. The van der Waals surface area contributed by atoms with Crippen LogP contribution >= 0.6 is 0 Å². The number of aromatic amines is 1. The molecule has 2 saturated heterocycles. The average molecular weight is 448 g/mol. The lowest BCUT2D eigenvalue weighted by Gasteiger charge is -2.43. The first-order chi connectivity index (χ1) is 15.5. The summed E-state index contributed by atoms with van der Waals surface area (Å²) in [6, 6.07) is 0.210. The molecule has 6 nitrogen and oxygen atoms in total. The molecule has 1 amide bonds. The predicted molar refractivity (Wildman–Crippen MR) is 131 cm³/mol. The number of likely N-dealkylation sites (tertiary alicyclic amines) is 2. The average Bonchev–Trinajstić information content (AvgIpc) is 3.26. The Hall–Kier alpha value is -1.79. The number of allylic oxidation sites excluding steroid dienone is 2. The summed E-state index contributed by atoms with van der Waals surface area (Å²) in [5.41, 5.74) is 2.81. The van der Waals surface area contributed by atoms with Gasteiger partial charge in [-0.25, -0.2) is 0 Å². The Bertz CT molecular complexity index is 699. The molecule has 2 N–H and O–H groups in total. The second-order valence-corrected chi connectivity index (χ2v) is 8.88. The van der Waals surface area contributed by atoms with Crippen molar-refractivity contribution in [2.24, 2.45) is 5.92 Å². The van der Waals surface area contributed by atoms with Crippen LogP contribution in [0.15, 0.2) is 24.2 Å². The van der Waals surface area contributed by atoms with Gasteiger partial charge in [-0.2, -0.15) is 0 Å². The van der Waals surface area contributed by atoms with Crippen molar-refractivity contribution in [3.63, 3.8) is 0 Å². The van der Waals surface area contributed by atoms with E-state index in [0.717, 1.165) is 64.0 Å². The quantitative estimate of drug-likeness (QED) is 0.578. The summed E-state index contributed by atoms with van der Waals surface area (Å²) in [5.74, 6) is 1.96. The highest BCUT2D eigenvalue weighted by Gasteiger charge is 2.34. The van der Waals surface area contributed by atoms with Crippen LogP contribution in [0.25, 0.3) is 0 Å². The predicted octanol–water partition coefficient (Wildman–Crippen LogP) is 4.46. The molecule has 2 aliphatic heterocycles. The zero-order valence-electron chi connectivity index (χ0n) is 20.9. The number of aliphatic hydroxyl groups is 1. The van der Waals surface area contributed by atoms with E-state index in [0.29, 0.717) is 11.8 Å². The third-order valence-electron chi connectivity index (χ3n) is 6.97. The number of rotatable bonds is 8. The van der Waals surface area contributed by atoms with E-state index < -0.39 is 0 Å². The topological polar surface area (TPSA) is 68.8 Å². The molecular weight excluding hydrogens is 402 g/mol. The lowest BCUT2D eigenvalue weighted by atomic mass is 9.84. The number of carbonyl (C=O) groups is 1. The molecule has 1 unspecified atom stereocenters. The van der Waals surface area contributed by atoms with Gasteiger partial charge in [0, 0.05) is 31.5 Å². The molecule has 2 aliphatic rings. The number of nitrogens with zero attached hydrogens (tertiary/aromatic N) is 2. The Morgan fingerprint density at radius 1 is 1.19 bits per heavy atom. The second kappa shape index (κ2) is 13.7. The van der Waals surface area contributed by atoms with Gasteiger partial charge in [0.1, 0.15) is 0 Å². The van der Waals surface area contributed by atoms with E-state index in [1.165, 1.54) is 11.1 Å². The summed E-state index contributed by atoms with van der Waals surface area (Å²) in [6.07, 6.45) is 11.3. The number of hydrogen-bond acceptors (Lipinski definition) is 4. The van der Waals surface area contributed by atoms with Crippen LogP contribution < -0.4 is 0 Å². The van der Waals surface area contributed by atoms with Crippen molar-refractivity contribution in [2.75, 3.05) is 39.4 Å². The number of nitrogens with one attached hydrogen (secondary N) is 1. The number of amides is 1. The summed E-state index contributed by atoms with van der Waals surface area (Å²) in [4.78, 5) is 20.1.